The highest BCUT2D eigenvalue weighted by atomic mass is 31.2. The molecule has 1 atom stereocenters. The number of nitrogens with zero attached hydrogens (tertiary/aromatic N) is 2. The van der Waals surface area contributed by atoms with Crippen molar-refractivity contribution in [2.75, 3.05) is 9.80 Å². The van der Waals surface area contributed by atoms with Crippen LogP contribution < -0.4 is 25.7 Å². The molecule has 0 spiro atoms. The van der Waals surface area contributed by atoms with Gasteiger partial charge in [-0.1, -0.05) is 169 Å². The Kier molecular flexibility index (Phi) is 7.20. The fraction of sp³-hybridized carbons (Fsp3) is 0.176. The molecule has 0 saturated heterocycles. The zero-order valence-corrected chi connectivity index (χ0v) is 33.2. The minimum atomic E-state index is -3.36. The van der Waals surface area contributed by atoms with E-state index in [4.69, 9.17) is 0 Å². The van der Waals surface area contributed by atoms with Crippen LogP contribution in [-0.4, -0.2) is 0 Å². The molecule has 270 valence electrons. The minimum Gasteiger partial charge on any atom is -0.309 e. The fourth-order valence-electron chi connectivity index (χ4n) is 10.0. The van der Waals surface area contributed by atoms with E-state index < -0.39 is 12.6 Å². The van der Waals surface area contributed by atoms with Crippen molar-refractivity contribution in [2.24, 2.45) is 0 Å². The average Bonchev–Trinajstić information content (AvgIpc) is 3.21. The van der Waals surface area contributed by atoms with Gasteiger partial charge in [-0.2, -0.15) is 0 Å². The Morgan fingerprint density at radius 3 is 1.15 bits per heavy atom. The van der Waals surface area contributed by atoms with Gasteiger partial charge in [0.1, 0.15) is 0 Å². The molecule has 7 aromatic rings. The first-order valence-corrected chi connectivity index (χ1v) is 21.1. The number of hydrogen-bond donors (Lipinski definition) is 0. The van der Waals surface area contributed by atoms with Crippen LogP contribution in [0.3, 0.4) is 0 Å². The van der Waals surface area contributed by atoms with Crippen LogP contribution in [0.25, 0.3) is 0 Å². The van der Waals surface area contributed by atoms with Crippen LogP contribution in [0.1, 0.15) is 74.9 Å². The number of hydrogen-bond acceptors (Lipinski definition) is 3. The van der Waals surface area contributed by atoms with Gasteiger partial charge in [-0.25, -0.2) is 0 Å². The Morgan fingerprint density at radius 1 is 0.345 bits per heavy atom. The molecule has 1 unspecified atom stereocenters. The van der Waals surface area contributed by atoms with Gasteiger partial charge in [0.25, 0.3) is 0 Å². The van der Waals surface area contributed by atoms with Gasteiger partial charge in [-0.05, 0) is 69.8 Å². The number of benzene rings is 7. The summed E-state index contributed by atoms with van der Waals surface area (Å²) >= 11 is 0. The Bertz CT molecular complexity index is 2640. The zero-order chi connectivity index (χ0) is 37.9. The molecule has 0 bridgehead atoms. The van der Waals surface area contributed by atoms with Crippen molar-refractivity contribution >= 4 is 57.2 Å². The normalized spacial score (nSPS) is 19.2. The predicted molar refractivity (Wildman–Crippen MR) is 232 cm³/mol. The van der Waals surface area contributed by atoms with Crippen LogP contribution >= 0.6 is 7.14 Å². The lowest BCUT2D eigenvalue weighted by Gasteiger charge is -2.47. The lowest BCUT2D eigenvalue weighted by Crippen LogP contribution is -2.43. The Labute approximate surface area is 325 Å². The van der Waals surface area contributed by atoms with Crippen molar-refractivity contribution in [3.05, 3.63) is 197 Å². The highest BCUT2D eigenvalue weighted by molar-refractivity contribution is 7.85. The van der Waals surface area contributed by atoms with Gasteiger partial charge in [0.05, 0.1) is 34.1 Å². The molecule has 4 heteroatoms. The van der Waals surface area contributed by atoms with E-state index in [1.165, 1.54) is 22.3 Å². The van der Waals surface area contributed by atoms with Crippen LogP contribution in [0.2, 0.25) is 0 Å². The number of anilines is 6. The smallest absolute Gasteiger partial charge is 0.171 e. The van der Waals surface area contributed by atoms with Gasteiger partial charge in [-0.3, -0.25) is 0 Å². The summed E-state index contributed by atoms with van der Waals surface area (Å²) < 4.78 is 16.5. The maximum Gasteiger partial charge on any atom is 0.171 e. The summed E-state index contributed by atoms with van der Waals surface area (Å²) in [5, 5.41) is 2.68. The fourth-order valence-corrected chi connectivity index (χ4v) is 13.4. The second kappa shape index (κ2) is 11.7. The first-order valence-electron chi connectivity index (χ1n) is 19.4. The van der Waals surface area contributed by atoms with E-state index in [-0.39, 0.29) is 10.8 Å². The van der Waals surface area contributed by atoms with Crippen molar-refractivity contribution < 1.29 is 4.57 Å². The van der Waals surface area contributed by atoms with Crippen LogP contribution in [0.15, 0.2) is 164 Å². The SMILES string of the molecule is CC1(C)c2ccccc2N(c2cc3c(cc2N2c4ccccc4C(C)(C)c4ccccc42)P(=O)(c2ccccc2)c2ccccc2C3(C)C)c2ccccc21. The van der Waals surface area contributed by atoms with E-state index in [9.17, 15) is 0 Å². The molecule has 55 heavy (non-hydrogen) atoms. The van der Waals surface area contributed by atoms with Crippen LogP contribution in [0.4, 0.5) is 34.1 Å². The lowest BCUT2D eigenvalue weighted by atomic mass is 9.72. The Morgan fingerprint density at radius 2 is 0.691 bits per heavy atom. The molecule has 3 aliphatic rings. The molecule has 0 fully saturated rings. The highest BCUT2D eigenvalue weighted by Crippen LogP contribution is 2.60. The van der Waals surface area contributed by atoms with Gasteiger partial charge in [-0.15, -0.1) is 0 Å². The molecule has 3 aliphatic heterocycles. The Hall–Kier alpha value is -5.63. The summed E-state index contributed by atoms with van der Waals surface area (Å²) in [4.78, 5) is 4.94. The number of fused-ring (bicyclic) bond motifs is 6. The third kappa shape index (κ3) is 4.54. The molecular formula is C51H45N2OP. The van der Waals surface area contributed by atoms with Gasteiger partial charge in [0.15, 0.2) is 7.14 Å². The predicted octanol–water partition coefficient (Wildman–Crippen LogP) is 12.2. The van der Waals surface area contributed by atoms with Crippen LogP contribution in [-0.2, 0) is 20.8 Å². The topological polar surface area (TPSA) is 23.6 Å². The standard InChI is InChI=1S/C51H45N2OP/c1-49(2)35-22-10-15-27-41(35)52(42-28-16-11-23-36(42)49)45-32-40-48(55(54,34-20-8-7-9-21-34)47-31-19-14-26-39(47)51(40,5)6)33-46(45)53-43-29-17-12-24-37(43)50(3,4)38-25-13-18-30-44(38)53/h7-33H,1-6H3. The summed E-state index contributed by atoms with van der Waals surface area (Å²) in [6.45, 7) is 13.9. The monoisotopic (exact) mass is 732 g/mol. The molecule has 7 aromatic carbocycles. The van der Waals surface area contributed by atoms with Gasteiger partial charge >= 0.3 is 0 Å². The maximum absolute atomic E-state index is 16.5. The first kappa shape index (κ1) is 33.9. The van der Waals surface area contributed by atoms with E-state index in [0.717, 1.165) is 61.2 Å². The van der Waals surface area contributed by atoms with Crippen molar-refractivity contribution in [2.45, 2.75) is 57.8 Å². The zero-order valence-electron chi connectivity index (χ0n) is 32.3. The molecule has 10 rings (SSSR count). The minimum absolute atomic E-state index is 0.215. The average molecular weight is 733 g/mol. The summed E-state index contributed by atoms with van der Waals surface area (Å²) in [5.74, 6) is 0. The molecule has 0 saturated carbocycles. The van der Waals surface area contributed by atoms with E-state index in [0.29, 0.717) is 0 Å². The third-order valence-corrected chi connectivity index (χ3v) is 16.0. The first-order chi connectivity index (χ1) is 26.5. The van der Waals surface area contributed by atoms with E-state index in [1.807, 2.05) is 24.3 Å². The highest BCUT2D eigenvalue weighted by Gasteiger charge is 2.48. The number of para-hydroxylation sites is 4. The lowest BCUT2D eigenvalue weighted by molar-refractivity contribution is 0.586. The molecule has 0 radical (unpaired) electrons. The Balaban J connectivity index is 1.39. The van der Waals surface area contributed by atoms with Gasteiger partial charge in [0.2, 0.25) is 0 Å². The maximum atomic E-state index is 16.5. The van der Waals surface area contributed by atoms with Crippen LogP contribution in [0.5, 0.6) is 0 Å². The van der Waals surface area contributed by atoms with Crippen LogP contribution in [0, 0.1) is 0 Å². The molecule has 0 aromatic heterocycles. The van der Waals surface area contributed by atoms with Crippen molar-refractivity contribution in [3.8, 4) is 0 Å². The molecule has 3 nitrogen and oxygen atoms in total. The van der Waals surface area contributed by atoms with E-state index in [1.54, 1.807) is 0 Å². The second-order valence-corrected chi connectivity index (χ2v) is 19.6. The van der Waals surface area contributed by atoms with E-state index >= 15 is 4.57 Å². The van der Waals surface area contributed by atoms with Gasteiger partial charge < -0.3 is 14.4 Å². The van der Waals surface area contributed by atoms with Crippen molar-refractivity contribution in [1.29, 1.82) is 0 Å². The summed E-state index contributed by atoms with van der Waals surface area (Å²) in [6.07, 6.45) is 0. The van der Waals surface area contributed by atoms with E-state index in [2.05, 4.69) is 191 Å². The summed E-state index contributed by atoms with van der Waals surface area (Å²) in [7, 11) is -3.36. The van der Waals surface area contributed by atoms with Gasteiger partial charge in [0, 0.05) is 32.2 Å². The summed E-state index contributed by atoms with van der Waals surface area (Å²) in [6, 6.07) is 58.8. The molecule has 0 N–H and O–H groups in total. The molecular weight excluding hydrogens is 688 g/mol. The molecule has 0 amide bonds. The summed E-state index contributed by atoms with van der Waals surface area (Å²) in [5.41, 5.74) is 13.1. The van der Waals surface area contributed by atoms with Crippen molar-refractivity contribution in [1.82, 2.24) is 0 Å². The molecule has 0 aliphatic carbocycles. The van der Waals surface area contributed by atoms with Crippen molar-refractivity contribution in [3.63, 3.8) is 0 Å². The third-order valence-electron chi connectivity index (χ3n) is 12.9. The number of rotatable bonds is 3. The second-order valence-electron chi connectivity index (χ2n) is 16.9. The largest absolute Gasteiger partial charge is 0.309 e. The quantitative estimate of drug-likeness (QED) is 0.169. The molecule has 3 heterocycles.